The van der Waals surface area contributed by atoms with Crippen molar-refractivity contribution in [1.29, 1.82) is 0 Å². The van der Waals surface area contributed by atoms with Gasteiger partial charge in [-0.2, -0.15) is 0 Å². The fraction of sp³-hybridized carbons (Fsp3) is 0.632. The molecule has 0 bridgehead atoms. The van der Waals surface area contributed by atoms with E-state index >= 15 is 0 Å². The first-order valence-electron chi connectivity index (χ1n) is 9.09. The third kappa shape index (κ3) is 4.15. The number of hydrogen-bond acceptors (Lipinski definition) is 6. The zero-order valence-electron chi connectivity index (χ0n) is 16.5. The highest BCUT2D eigenvalue weighted by Gasteiger charge is 2.54. The van der Waals surface area contributed by atoms with Crippen molar-refractivity contribution >= 4 is 13.1 Å². The van der Waals surface area contributed by atoms with E-state index in [4.69, 9.17) is 18.8 Å². The van der Waals surface area contributed by atoms with Crippen LogP contribution in [-0.2, 0) is 18.8 Å². The van der Waals surface area contributed by atoms with Crippen molar-refractivity contribution in [3.8, 4) is 11.5 Å². The van der Waals surface area contributed by atoms with Crippen molar-refractivity contribution < 1.29 is 28.7 Å². The second-order valence-electron chi connectivity index (χ2n) is 7.37. The van der Waals surface area contributed by atoms with Crippen molar-refractivity contribution in [3.63, 3.8) is 0 Å². The Morgan fingerprint density at radius 1 is 1.15 bits per heavy atom. The molecule has 7 heteroatoms. The van der Waals surface area contributed by atoms with Gasteiger partial charge >= 0.3 is 13.1 Å². The zero-order chi connectivity index (χ0) is 19.5. The molecule has 1 aliphatic heterocycles. The van der Waals surface area contributed by atoms with E-state index in [0.717, 1.165) is 0 Å². The predicted molar refractivity (Wildman–Crippen MR) is 99.3 cm³/mol. The van der Waals surface area contributed by atoms with Crippen LogP contribution in [0.4, 0.5) is 0 Å². The van der Waals surface area contributed by atoms with E-state index in [1.807, 2.05) is 34.6 Å². The first-order valence-corrected chi connectivity index (χ1v) is 9.09. The van der Waals surface area contributed by atoms with E-state index in [1.54, 1.807) is 25.1 Å². The van der Waals surface area contributed by atoms with Gasteiger partial charge in [0, 0.05) is 5.82 Å². The number of para-hydroxylation sites is 1. The molecule has 1 heterocycles. The number of carbonyl (C=O) groups excluding carboxylic acids is 1. The van der Waals surface area contributed by atoms with Gasteiger partial charge in [0.15, 0.2) is 11.5 Å². The number of rotatable bonds is 7. The highest BCUT2D eigenvalue weighted by atomic mass is 16.7. The van der Waals surface area contributed by atoms with Gasteiger partial charge in [0.2, 0.25) is 0 Å². The number of carbonyl (C=O) groups is 1. The molecule has 1 aliphatic rings. The average Bonchev–Trinajstić information content (AvgIpc) is 2.76. The Morgan fingerprint density at radius 2 is 1.77 bits per heavy atom. The summed E-state index contributed by atoms with van der Waals surface area (Å²) in [5.41, 5.74) is -0.544. The molecule has 1 fully saturated rings. The predicted octanol–water partition coefficient (Wildman–Crippen LogP) is 3.46. The summed E-state index contributed by atoms with van der Waals surface area (Å²) >= 11 is 0. The van der Waals surface area contributed by atoms with Crippen LogP contribution in [0, 0.1) is 0 Å². The fourth-order valence-corrected chi connectivity index (χ4v) is 2.92. The van der Waals surface area contributed by atoms with Gasteiger partial charge in [-0.3, -0.25) is 4.79 Å². The molecule has 2 rings (SSSR count). The van der Waals surface area contributed by atoms with Gasteiger partial charge in [-0.15, -0.1) is 0 Å². The number of aromatic hydroxyl groups is 1. The summed E-state index contributed by atoms with van der Waals surface area (Å²) in [4.78, 5) is 12.2. The molecule has 1 aromatic carbocycles. The molecule has 0 saturated carbocycles. The molecule has 1 aromatic rings. The smallest absolute Gasteiger partial charge is 0.466 e. The summed E-state index contributed by atoms with van der Waals surface area (Å²) in [6, 6.07) is 5.23. The third-order valence-electron chi connectivity index (χ3n) is 5.02. The SMILES string of the molecule is CCOC(=O)CC(B1OC(C)(C)C(C)(C)O1)c1cccc(OCC)c1O. The summed E-state index contributed by atoms with van der Waals surface area (Å²) in [7, 11) is -0.688. The third-order valence-corrected chi connectivity index (χ3v) is 5.02. The van der Waals surface area contributed by atoms with Crippen molar-refractivity contribution in [2.45, 2.75) is 65.0 Å². The van der Waals surface area contributed by atoms with Gasteiger partial charge in [0.05, 0.1) is 30.8 Å². The van der Waals surface area contributed by atoms with E-state index in [9.17, 15) is 9.90 Å². The van der Waals surface area contributed by atoms with Gasteiger partial charge in [0.25, 0.3) is 0 Å². The summed E-state index contributed by atoms with van der Waals surface area (Å²) in [6.45, 7) is 12.1. The Balaban J connectivity index is 2.40. The molecule has 0 amide bonds. The summed E-state index contributed by atoms with van der Waals surface area (Å²) in [6.07, 6.45) is 0.0355. The zero-order valence-corrected chi connectivity index (χ0v) is 16.5. The van der Waals surface area contributed by atoms with Gasteiger partial charge in [-0.1, -0.05) is 12.1 Å². The second kappa shape index (κ2) is 7.88. The maximum Gasteiger partial charge on any atom is 0.466 e. The molecule has 0 aromatic heterocycles. The first-order chi connectivity index (χ1) is 12.1. The summed E-state index contributed by atoms with van der Waals surface area (Å²) in [5, 5.41) is 10.7. The molecule has 0 spiro atoms. The number of hydrogen-bond donors (Lipinski definition) is 1. The second-order valence-corrected chi connectivity index (χ2v) is 7.37. The normalized spacial score (nSPS) is 19.2. The summed E-state index contributed by atoms with van der Waals surface area (Å²) < 4.78 is 22.9. The van der Waals surface area contributed by atoms with Crippen LogP contribution in [0.25, 0.3) is 0 Å². The average molecular weight is 364 g/mol. The van der Waals surface area contributed by atoms with Crippen LogP contribution < -0.4 is 4.74 Å². The lowest BCUT2D eigenvalue weighted by Gasteiger charge is -2.32. The molecular weight excluding hydrogens is 335 g/mol. The largest absolute Gasteiger partial charge is 0.504 e. The van der Waals surface area contributed by atoms with Gasteiger partial charge in [0.1, 0.15) is 0 Å². The van der Waals surface area contributed by atoms with Crippen LogP contribution in [0.2, 0.25) is 0 Å². The Hall–Kier alpha value is -1.73. The number of phenols is 1. The molecule has 6 nitrogen and oxygen atoms in total. The highest BCUT2D eigenvalue weighted by molar-refractivity contribution is 6.48. The first kappa shape index (κ1) is 20.6. The maximum absolute atomic E-state index is 12.2. The number of ether oxygens (including phenoxy) is 2. The van der Waals surface area contributed by atoms with Crippen molar-refractivity contribution in [3.05, 3.63) is 23.8 Å². The molecule has 1 unspecified atom stereocenters. The van der Waals surface area contributed by atoms with Crippen molar-refractivity contribution in [2.24, 2.45) is 0 Å². The lowest BCUT2D eigenvalue weighted by Crippen LogP contribution is -2.41. The lowest BCUT2D eigenvalue weighted by atomic mass is 9.66. The lowest BCUT2D eigenvalue weighted by molar-refractivity contribution is -0.143. The van der Waals surface area contributed by atoms with E-state index in [0.29, 0.717) is 24.5 Å². The Labute approximate surface area is 155 Å². The standard InChI is InChI=1S/C19H29BO6/c1-7-23-15-11-9-10-13(17(15)22)14(12-16(21)24-8-2)20-25-18(3,4)19(5,6)26-20/h9-11,14,22H,7-8,12H2,1-6H3. The summed E-state index contributed by atoms with van der Waals surface area (Å²) in [5.74, 6) is -0.516. The van der Waals surface area contributed by atoms with E-state index in [-0.39, 0.29) is 18.1 Å². The topological polar surface area (TPSA) is 74.2 Å². The molecule has 1 saturated heterocycles. The highest BCUT2D eigenvalue weighted by Crippen LogP contribution is 2.44. The van der Waals surface area contributed by atoms with E-state index in [1.165, 1.54) is 0 Å². The monoisotopic (exact) mass is 364 g/mol. The molecule has 1 N–H and O–H groups in total. The Kier molecular flexibility index (Phi) is 6.24. The van der Waals surface area contributed by atoms with Crippen LogP contribution in [0.15, 0.2) is 18.2 Å². The molecule has 1 atom stereocenters. The van der Waals surface area contributed by atoms with Crippen LogP contribution in [0.5, 0.6) is 11.5 Å². The van der Waals surface area contributed by atoms with Crippen LogP contribution >= 0.6 is 0 Å². The van der Waals surface area contributed by atoms with Crippen molar-refractivity contribution in [1.82, 2.24) is 0 Å². The molecular formula is C19H29BO6. The molecule has 0 aliphatic carbocycles. The Morgan fingerprint density at radius 3 is 2.31 bits per heavy atom. The molecule has 0 radical (unpaired) electrons. The van der Waals surface area contributed by atoms with Gasteiger partial charge in [-0.05, 0) is 53.2 Å². The minimum absolute atomic E-state index is 0.00152. The quantitative estimate of drug-likeness (QED) is 0.590. The number of esters is 1. The number of benzene rings is 1. The van der Waals surface area contributed by atoms with Gasteiger partial charge < -0.3 is 23.9 Å². The fourth-order valence-electron chi connectivity index (χ4n) is 2.92. The Bertz CT molecular complexity index is 627. The van der Waals surface area contributed by atoms with Crippen LogP contribution in [0.3, 0.4) is 0 Å². The van der Waals surface area contributed by atoms with Crippen LogP contribution in [0.1, 0.15) is 59.3 Å². The minimum atomic E-state index is -0.688. The molecule has 26 heavy (non-hydrogen) atoms. The van der Waals surface area contributed by atoms with Crippen molar-refractivity contribution in [2.75, 3.05) is 13.2 Å². The van der Waals surface area contributed by atoms with Crippen LogP contribution in [-0.4, -0.2) is 42.6 Å². The van der Waals surface area contributed by atoms with E-state index in [2.05, 4.69) is 0 Å². The maximum atomic E-state index is 12.2. The number of phenolic OH excluding ortho intramolecular Hbond substituents is 1. The van der Waals surface area contributed by atoms with Gasteiger partial charge in [-0.25, -0.2) is 0 Å². The minimum Gasteiger partial charge on any atom is -0.504 e. The molecule has 144 valence electrons. The van der Waals surface area contributed by atoms with E-state index < -0.39 is 24.1 Å².